The molecule has 0 bridgehead atoms. The van der Waals surface area contributed by atoms with Crippen LogP contribution in [0, 0.1) is 0 Å². The summed E-state index contributed by atoms with van der Waals surface area (Å²) in [6.45, 7) is 0. The topological polar surface area (TPSA) is 76.3 Å². The predicted octanol–water partition coefficient (Wildman–Crippen LogP) is 8.41. The predicted molar refractivity (Wildman–Crippen MR) is 177 cm³/mol. The molecule has 0 atom stereocenters. The van der Waals surface area contributed by atoms with E-state index in [9.17, 15) is 0 Å². The van der Waals surface area contributed by atoms with Gasteiger partial charge in [0, 0.05) is 46.5 Å². The van der Waals surface area contributed by atoms with E-state index in [1.54, 1.807) is 24.8 Å². The van der Waals surface area contributed by atoms with Crippen molar-refractivity contribution < 1.29 is 34.1 Å². The SMILES string of the molecule is Br.Br.Br.Br.C(=Nc1ccc(N=Cc2cccc(-c3ccccn3)n2)cc1)c1cccc(-c2ccccn2)n1.[Fe].[Fe]. The van der Waals surface area contributed by atoms with Crippen LogP contribution in [-0.4, -0.2) is 32.4 Å². The molecule has 0 aliphatic rings. The van der Waals surface area contributed by atoms with Gasteiger partial charge in [-0.05, 0) is 72.8 Å². The van der Waals surface area contributed by atoms with Crippen molar-refractivity contribution in [1.29, 1.82) is 0 Å². The van der Waals surface area contributed by atoms with Crippen LogP contribution < -0.4 is 0 Å². The minimum atomic E-state index is 0. The monoisotopic (exact) mass is 872 g/mol. The normalized spacial score (nSPS) is 9.60. The summed E-state index contributed by atoms with van der Waals surface area (Å²) >= 11 is 0. The van der Waals surface area contributed by atoms with E-state index in [1.807, 2.05) is 97.1 Å². The summed E-state index contributed by atoms with van der Waals surface area (Å²) in [5.74, 6) is 0. The van der Waals surface area contributed by atoms with Gasteiger partial charge in [0.25, 0.3) is 0 Å². The maximum absolute atomic E-state index is 4.62. The molecule has 0 fully saturated rings. The van der Waals surface area contributed by atoms with Crippen LogP contribution in [0.2, 0.25) is 0 Å². The maximum Gasteiger partial charge on any atom is 0.0894 e. The van der Waals surface area contributed by atoms with Gasteiger partial charge in [0.2, 0.25) is 0 Å². The Bertz CT molecular complexity index is 1350. The molecule has 12 heteroatoms. The molecule has 0 saturated heterocycles. The van der Waals surface area contributed by atoms with Gasteiger partial charge in [-0.25, -0.2) is 9.97 Å². The summed E-state index contributed by atoms with van der Waals surface area (Å²) in [5.41, 5.74) is 6.47. The molecule has 210 valence electrons. The first-order chi connectivity index (χ1) is 16.8. The maximum atomic E-state index is 4.62. The average Bonchev–Trinajstić information content (AvgIpc) is 2.93. The zero-order valence-corrected chi connectivity index (χ0v) is 29.6. The third-order valence-electron chi connectivity index (χ3n) is 4.94. The van der Waals surface area contributed by atoms with Gasteiger partial charge in [-0.3, -0.25) is 20.0 Å². The minimum Gasteiger partial charge on any atom is -0.255 e. The minimum absolute atomic E-state index is 0. The molecule has 0 spiro atoms. The number of halogens is 4. The number of hydrogen-bond donors (Lipinski definition) is 0. The summed E-state index contributed by atoms with van der Waals surface area (Å²) < 4.78 is 0. The molecule has 4 heterocycles. The summed E-state index contributed by atoms with van der Waals surface area (Å²) in [6.07, 6.45) is 7.01. The summed E-state index contributed by atoms with van der Waals surface area (Å²) in [6, 6.07) is 30.8. The van der Waals surface area contributed by atoms with Crippen molar-refractivity contribution in [3.05, 3.63) is 121 Å². The Labute approximate surface area is 296 Å². The first-order valence-electron chi connectivity index (χ1n) is 10.8. The molecule has 6 nitrogen and oxygen atoms in total. The summed E-state index contributed by atoms with van der Waals surface area (Å²) in [4.78, 5) is 27.0. The standard InChI is InChI=1S/C28H20N6.4BrH.2Fe/c1-3-17-29-25(9-1)27-11-5-7-23(33-27)19-31-21-13-15-22(16-14-21)32-20-24-8-6-12-28(34-24)26-10-2-4-18-30-26;;;;;;/h1-20H;4*1H;;. The molecule has 5 rings (SSSR count). The van der Waals surface area contributed by atoms with Crippen molar-refractivity contribution in [2.24, 2.45) is 9.98 Å². The van der Waals surface area contributed by atoms with Gasteiger partial charge in [0.15, 0.2) is 0 Å². The van der Waals surface area contributed by atoms with Gasteiger partial charge >= 0.3 is 0 Å². The van der Waals surface area contributed by atoms with E-state index in [4.69, 9.17) is 0 Å². The van der Waals surface area contributed by atoms with Crippen molar-refractivity contribution in [2.75, 3.05) is 0 Å². The number of nitrogens with zero attached hydrogens (tertiary/aromatic N) is 6. The molecule has 0 aliphatic carbocycles. The van der Waals surface area contributed by atoms with Gasteiger partial charge < -0.3 is 0 Å². The Kier molecular flexibility index (Phi) is 21.0. The molecule has 1 aromatic carbocycles. The molecular weight excluding hydrogens is 852 g/mol. The van der Waals surface area contributed by atoms with Crippen LogP contribution in [0.5, 0.6) is 0 Å². The van der Waals surface area contributed by atoms with E-state index in [0.717, 1.165) is 45.5 Å². The van der Waals surface area contributed by atoms with E-state index >= 15 is 0 Å². The van der Waals surface area contributed by atoms with E-state index < -0.39 is 0 Å². The third kappa shape index (κ3) is 11.5. The smallest absolute Gasteiger partial charge is 0.0894 e. The number of aliphatic imine (C=N–C) groups is 2. The van der Waals surface area contributed by atoms with Crippen molar-refractivity contribution in [2.45, 2.75) is 0 Å². The number of benzene rings is 1. The molecule has 0 aliphatic heterocycles. The van der Waals surface area contributed by atoms with Crippen molar-refractivity contribution in [3.8, 4) is 22.8 Å². The molecule has 0 N–H and O–H groups in total. The molecule has 40 heavy (non-hydrogen) atoms. The van der Waals surface area contributed by atoms with Crippen molar-refractivity contribution in [1.82, 2.24) is 19.9 Å². The molecule has 0 unspecified atom stereocenters. The average molecular weight is 876 g/mol. The Balaban J connectivity index is 0. The number of hydrogen-bond acceptors (Lipinski definition) is 6. The second kappa shape index (κ2) is 20.9. The number of aromatic nitrogens is 4. The summed E-state index contributed by atoms with van der Waals surface area (Å²) in [5, 5.41) is 0. The second-order valence-electron chi connectivity index (χ2n) is 7.36. The van der Waals surface area contributed by atoms with Gasteiger partial charge in [-0.2, -0.15) is 0 Å². The Hall–Kier alpha value is -1.88. The third-order valence-corrected chi connectivity index (χ3v) is 4.94. The number of rotatable bonds is 6. The fourth-order valence-electron chi connectivity index (χ4n) is 3.27. The zero-order chi connectivity index (χ0) is 23.0. The summed E-state index contributed by atoms with van der Waals surface area (Å²) in [7, 11) is 0. The first-order valence-corrected chi connectivity index (χ1v) is 10.8. The van der Waals surface area contributed by atoms with Crippen molar-refractivity contribution in [3.63, 3.8) is 0 Å². The molecular formula is C28H24Br4Fe2N6. The molecule has 0 amide bonds. The van der Waals surface area contributed by atoms with Crippen LogP contribution in [-0.2, 0) is 34.1 Å². The van der Waals surface area contributed by atoms with Gasteiger partial charge in [-0.15, -0.1) is 67.9 Å². The quantitative estimate of drug-likeness (QED) is 0.127. The fourth-order valence-corrected chi connectivity index (χ4v) is 3.27. The molecule has 0 radical (unpaired) electrons. The van der Waals surface area contributed by atoms with Crippen LogP contribution in [0.15, 0.2) is 119 Å². The van der Waals surface area contributed by atoms with E-state index in [0.29, 0.717) is 0 Å². The Morgan fingerprint density at radius 3 is 1.15 bits per heavy atom. The van der Waals surface area contributed by atoms with Crippen LogP contribution in [0.25, 0.3) is 22.8 Å². The molecule has 4 aromatic heterocycles. The van der Waals surface area contributed by atoms with Gasteiger partial charge in [-0.1, -0.05) is 24.3 Å². The Morgan fingerprint density at radius 2 is 0.800 bits per heavy atom. The van der Waals surface area contributed by atoms with E-state index in [2.05, 4.69) is 29.9 Å². The fraction of sp³-hybridized carbons (Fsp3) is 0. The van der Waals surface area contributed by atoms with E-state index in [1.165, 1.54) is 0 Å². The molecule has 5 aromatic rings. The van der Waals surface area contributed by atoms with Crippen LogP contribution in [0.1, 0.15) is 11.4 Å². The van der Waals surface area contributed by atoms with Crippen molar-refractivity contribution >= 4 is 91.7 Å². The first kappa shape index (κ1) is 40.3. The van der Waals surface area contributed by atoms with E-state index in [-0.39, 0.29) is 102 Å². The largest absolute Gasteiger partial charge is 0.255 e. The zero-order valence-electron chi connectivity index (χ0n) is 20.6. The Morgan fingerprint density at radius 1 is 0.425 bits per heavy atom. The number of pyridine rings is 4. The molecule has 0 saturated carbocycles. The van der Waals surface area contributed by atoms with Crippen LogP contribution in [0.4, 0.5) is 11.4 Å². The van der Waals surface area contributed by atoms with Gasteiger partial charge in [0.1, 0.15) is 0 Å². The van der Waals surface area contributed by atoms with Crippen LogP contribution in [0.3, 0.4) is 0 Å². The second-order valence-corrected chi connectivity index (χ2v) is 7.36. The van der Waals surface area contributed by atoms with Crippen LogP contribution >= 0.6 is 67.9 Å². The van der Waals surface area contributed by atoms with Gasteiger partial charge in [0.05, 0.1) is 58.0 Å².